The second kappa shape index (κ2) is 16.4. The van der Waals surface area contributed by atoms with Crippen LogP contribution in [-0.2, 0) is 36.9 Å². The molecule has 3 aromatic rings. The van der Waals surface area contributed by atoms with Gasteiger partial charge in [-0.05, 0) is 67.8 Å². The smallest absolute Gasteiger partial charge is 0.185 e. The highest BCUT2D eigenvalue weighted by molar-refractivity contribution is 5.79. The number of methoxy groups -OCH3 is 1. The number of hydrogen-bond acceptors (Lipinski definition) is 8. The van der Waals surface area contributed by atoms with Gasteiger partial charge in [-0.1, -0.05) is 54.3 Å². The van der Waals surface area contributed by atoms with E-state index in [-0.39, 0.29) is 54.7 Å². The minimum atomic E-state index is -0.792. The molecule has 3 aromatic carbocycles. The molecule has 0 radical (unpaired) electrons. The van der Waals surface area contributed by atoms with Gasteiger partial charge in [0.05, 0.1) is 25.4 Å². The Labute approximate surface area is 282 Å². The van der Waals surface area contributed by atoms with Crippen molar-refractivity contribution in [1.29, 1.82) is 0 Å². The third kappa shape index (κ3) is 8.59. The van der Waals surface area contributed by atoms with E-state index in [1.54, 1.807) is 12.1 Å². The number of ether oxygens (including phenoxy) is 3. The van der Waals surface area contributed by atoms with Gasteiger partial charge in [-0.25, -0.2) is 0 Å². The Morgan fingerprint density at radius 2 is 1.90 bits per heavy atom. The maximum Gasteiger partial charge on any atom is 0.185 e. The number of aliphatic imine (C=N–C) groups is 1. The average Bonchev–Trinajstić information content (AvgIpc) is 3.08. The van der Waals surface area contributed by atoms with E-state index in [0.29, 0.717) is 62.3 Å². The molecule has 3 atom stereocenters. The van der Waals surface area contributed by atoms with E-state index in [0.717, 1.165) is 28.7 Å². The van der Waals surface area contributed by atoms with Crippen molar-refractivity contribution >= 4 is 11.7 Å². The summed E-state index contributed by atoms with van der Waals surface area (Å²) < 4.78 is 18.4. The van der Waals surface area contributed by atoms with E-state index in [1.165, 1.54) is 12.7 Å². The first-order valence-electron chi connectivity index (χ1n) is 16.5. The number of rotatable bonds is 9. The number of fused-ring (bicyclic) bond motifs is 5. The van der Waals surface area contributed by atoms with Crippen molar-refractivity contribution < 1.29 is 29.2 Å². The van der Waals surface area contributed by atoms with Crippen LogP contribution in [0, 0.1) is 23.7 Å². The molecule has 2 bridgehead atoms. The third-order valence-electron chi connectivity index (χ3n) is 9.10. The zero-order valence-electron chi connectivity index (χ0n) is 27.8. The number of aromatic hydroxyl groups is 1. The summed E-state index contributed by atoms with van der Waals surface area (Å²) in [6.45, 7) is 1.19. The number of aryl methyl sites for hydroxylation is 2. The Hall–Kier alpha value is -4.72. The zero-order valence-corrected chi connectivity index (χ0v) is 27.8. The molecule has 1 aliphatic heterocycles. The Kier molecular flexibility index (Phi) is 11.8. The van der Waals surface area contributed by atoms with Crippen molar-refractivity contribution in [2.75, 3.05) is 34.0 Å². The van der Waals surface area contributed by atoms with Gasteiger partial charge in [-0.15, -0.1) is 0 Å². The number of nitrogens with one attached hydrogen (secondary N) is 1. The van der Waals surface area contributed by atoms with Crippen LogP contribution in [0.15, 0.2) is 53.5 Å². The largest absolute Gasteiger partial charge is 0.504 e. The van der Waals surface area contributed by atoms with Crippen molar-refractivity contribution in [3.63, 3.8) is 0 Å². The summed E-state index contributed by atoms with van der Waals surface area (Å²) in [6, 6.07) is 15.7. The lowest BCUT2D eigenvalue weighted by Crippen LogP contribution is -2.33. The summed E-state index contributed by atoms with van der Waals surface area (Å²) in [5.41, 5.74) is 17.0. The van der Waals surface area contributed by atoms with E-state index in [4.69, 9.17) is 25.7 Å². The van der Waals surface area contributed by atoms with Crippen molar-refractivity contribution in [2.24, 2.45) is 28.3 Å². The highest BCUT2D eigenvalue weighted by Gasteiger charge is 2.32. The number of phenols is 1. The fourth-order valence-corrected chi connectivity index (χ4v) is 6.61. The van der Waals surface area contributed by atoms with Crippen LogP contribution in [0.2, 0.25) is 0 Å². The quantitative estimate of drug-likeness (QED) is 0.101. The molecule has 3 unspecified atom stereocenters. The second-order valence-electron chi connectivity index (χ2n) is 12.5. The highest BCUT2D eigenvalue weighted by atomic mass is 16.5. The Balaban J connectivity index is 1.57. The molecule has 2 aliphatic rings. The first-order valence-corrected chi connectivity index (χ1v) is 16.5. The molecule has 0 fully saturated rings. The van der Waals surface area contributed by atoms with E-state index >= 15 is 0 Å². The number of nitrogens with two attached hydrogens (primary N) is 2. The molecule has 10 nitrogen and oxygen atoms in total. The number of aliphatic hydroxyl groups excluding tert-OH is 1. The maximum atomic E-state index is 12.9. The molecule has 0 aromatic heterocycles. The van der Waals surface area contributed by atoms with Gasteiger partial charge in [0.1, 0.15) is 12.5 Å². The lowest BCUT2D eigenvalue weighted by atomic mass is 9.79. The predicted octanol–water partition coefficient (Wildman–Crippen LogP) is 3.43. The number of carbonyl (C=O) groups excluding carboxylic acids is 1. The van der Waals surface area contributed by atoms with E-state index in [1.807, 2.05) is 25.2 Å². The molecule has 1 aliphatic carbocycles. The number of ketones is 1. The van der Waals surface area contributed by atoms with Gasteiger partial charge in [0.2, 0.25) is 0 Å². The minimum Gasteiger partial charge on any atom is -0.504 e. The van der Waals surface area contributed by atoms with Gasteiger partial charge < -0.3 is 35.9 Å². The number of aliphatic hydroxyl groups is 1. The first-order chi connectivity index (χ1) is 23.3. The topological polar surface area (TPSA) is 162 Å². The van der Waals surface area contributed by atoms with Crippen molar-refractivity contribution in [3.8, 4) is 34.8 Å². The molecule has 5 rings (SSSR count). The SMILES string of the molecule is CNCOc1c2cc(c3c1OCC(C(CN=C(N)N)Cc1ccccc1)C3)CCC(O)CC(=O)CCc1ccc(O)c(OC)c1C#CC2. The monoisotopic (exact) mass is 654 g/mol. The van der Waals surface area contributed by atoms with Crippen LogP contribution in [0.25, 0.3) is 0 Å². The van der Waals surface area contributed by atoms with E-state index < -0.39 is 6.10 Å². The number of Topliss-reactive ketones (excluding diaryl/α,β-unsaturated/α-hetero) is 1. The van der Waals surface area contributed by atoms with E-state index in [9.17, 15) is 15.0 Å². The van der Waals surface area contributed by atoms with Crippen LogP contribution < -0.4 is 31.0 Å². The summed E-state index contributed by atoms with van der Waals surface area (Å²) in [5.74, 6) is 8.30. The average molecular weight is 655 g/mol. The molecule has 48 heavy (non-hydrogen) atoms. The number of guanidine groups is 1. The summed E-state index contributed by atoms with van der Waals surface area (Å²) >= 11 is 0. The Morgan fingerprint density at radius 3 is 2.65 bits per heavy atom. The summed E-state index contributed by atoms with van der Waals surface area (Å²) in [5, 5.41) is 24.5. The molecule has 0 saturated heterocycles. The number of benzene rings is 3. The molecule has 254 valence electrons. The second-order valence-corrected chi connectivity index (χ2v) is 12.5. The summed E-state index contributed by atoms with van der Waals surface area (Å²) in [6.07, 6.45) is 2.75. The fraction of sp³-hybridized carbons (Fsp3) is 0.421. The number of nitrogens with zero attached hydrogens (tertiary/aromatic N) is 1. The van der Waals surface area contributed by atoms with Crippen molar-refractivity contribution in [2.45, 2.75) is 57.5 Å². The number of hydrogen-bond donors (Lipinski definition) is 5. The van der Waals surface area contributed by atoms with Crippen LogP contribution in [-0.4, -0.2) is 62.1 Å². The highest BCUT2D eigenvalue weighted by Crippen LogP contribution is 2.44. The molecule has 0 amide bonds. The third-order valence-corrected chi connectivity index (χ3v) is 9.10. The van der Waals surface area contributed by atoms with Gasteiger partial charge in [0.25, 0.3) is 0 Å². The normalized spacial score (nSPS) is 18.4. The van der Waals surface area contributed by atoms with Crippen LogP contribution in [0.4, 0.5) is 0 Å². The molecule has 10 heteroatoms. The van der Waals surface area contributed by atoms with Gasteiger partial charge >= 0.3 is 0 Å². The molecular weight excluding hydrogens is 608 g/mol. The molecule has 0 saturated carbocycles. The van der Waals surface area contributed by atoms with Gasteiger partial charge in [0, 0.05) is 42.9 Å². The lowest BCUT2D eigenvalue weighted by molar-refractivity contribution is -0.121. The molecular formula is C38H46N4O6. The predicted molar refractivity (Wildman–Crippen MR) is 186 cm³/mol. The number of carbonyl (C=O) groups is 1. The molecule has 1 heterocycles. The summed E-state index contributed by atoms with van der Waals surface area (Å²) in [7, 11) is 3.30. The fourth-order valence-electron chi connectivity index (χ4n) is 6.61. The van der Waals surface area contributed by atoms with Crippen molar-refractivity contribution in [3.05, 3.63) is 81.9 Å². The molecule has 7 N–H and O–H groups in total. The Morgan fingerprint density at radius 1 is 1.08 bits per heavy atom. The zero-order chi connectivity index (χ0) is 34.0. The maximum absolute atomic E-state index is 12.9. The Bertz CT molecular complexity index is 1680. The minimum absolute atomic E-state index is 0.0207. The van der Waals surface area contributed by atoms with Gasteiger partial charge in [-0.2, -0.15) is 0 Å². The lowest BCUT2D eigenvalue weighted by Gasteiger charge is -2.34. The summed E-state index contributed by atoms with van der Waals surface area (Å²) in [4.78, 5) is 17.3. The van der Waals surface area contributed by atoms with Gasteiger partial charge in [0.15, 0.2) is 29.0 Å². The van der Waals surface area contributed by atoms with Gasteiger partial charge in [-0.3, -0.25) is 15.1 Å². The van der Waals surface area contributed by atoms with Crippen LogP contribution in [0.1, 0.15) is 52.6 Å². The number of phenolic OH excluding ortho intramolecular Hbond substituents is 1. The van der Waals surface area contributed by atoms with Crippen molar-refractivity contribution in [1.82, 2.24) is 5.32 Å². The standard InChI is InChI=1S/C38H46N4O6/c1-41-23-48-35-27-9-6-10-32-25(13-16-34(45)36(32)46-2)11-14-30(43)20-31(44)15-12-26(18-27)33-19-29(22-47-37(33)35)28(21-42-38(39)40)17-24-7-4-3-5-8-24/h3-5,7-8,13,16,18,28-29,31,41,44-45H,9,11-12,14-15,17,19-23H2,1-2H3,(H4,39,40,42). The van der Waals surface area contributed by atoms with E-state index in [2.05, 4.69) is 40.3 Å². The van der Waals surface area contributed by atoms with Crippen LogP contribution in [0.5, 0.6) is 23.0 Å². The van der Waals surface area contributed by atoms with Crippen LogP contribution in [0.3, 0.4) is 0 Å². The molecule has 0 spiro atoms. The van der Waals surface area contributed by atoms with Crippen LogP contribution >= 0.6 is 0 Å². The first kappa shape index (κ1) is 34.6.